The van der Waals surface area contributed by atoms with Crippen LogP contribution in [0.1, 0.15) is 41.9 Å². The average Bonchev–Trinajstić information content (AvgIpc) is 2.94. The number of nitrogens with zero attached hydrogens (tertiary/aromatic N) is 2. The number of hydrogen-bond donors (Lipinski definition) is 1. The summed E-state index contributed by atoms with van der Waals surface area (Å²) < 4.78 is 2.00. The van der Waals surface area contributed by atoms with E-state index in [1.54, 1.807) is 0 Å². The van der Waals surface area contributed by atoms with Gasteiger partial charge in [0.15, 0.2) is 0 Å². The van der Waals surface area contributed by atoms with Gasteiger partial charge in [0.1, 0.15) is 0 Å². The van der Waals surface area contributed by atoms with Gasteiger partial charge < -0.3 is 5.32 Å². The fourth-order valence-electron chi connectivity index (χ4n) is 3.22. The lowest BCUT2D eigenvalue weighted by Gasteiger charge is -2.08. The SMILES string of the molecule is Cc1nn(CC(C)C)c(C)c1CC(=O)Nc1cccc(C#Cc2ccccc2)c1. The minimum Gasteiger partial charge on any atom is -0.326 e. The molecule has 1 aromatic heterocycles. The smallest absolute Gasteiger partial charge is 0.228 e. The second kappa shape index (κ2) is 9.25. The zero-order valence-corrected chi connectivity index (χ0v) is 17.5. The summed E-state index contributed by atoms with van der Waals surface area (Å²) in [5, 5.41) is 7.59. The van der Waals surface area contributed by atoms with E-state index in [1.165, 1.54) is 0 Å². The summed E-state index contributed by atoms with van der Waals surface area (Å²) in [6.45, 7) is 9.18. The molecule has 3 rings (SSSR count). The van der Waals surface area contributed by atoms with Crippen LogP contribution in [0.15, 0.2) is 54.6 Å². The van der Waals surface area contributed by atoms with Crippen LogP contribution in [0.2, 0.25) is 0 Å². The molecule has 0 saturated heterocycles. The lowest BCUT2D eigenvalue weighted by Crippen LogP contribution is -2.15. The van der Waals surface area contributed by atoms with Crippen molar-refractivity contribution in [1.29, 1.82) is 0 Å². The van der Waals surface area contributed by atoms with Crippen molar-refractivity contribution in [2.75, 3.05) is 5.32 Å². The summed E-state index contributed by atoms with van der Waals surface area (Å²) in [6, 6.07) is 17.5. The zero-order chi connectivity index (χ0) is 20.8. The number of rotatable bonds is 5. The summed E-state index contributed by atoms with van der Waals surface area (Å²) in [5.74, 6) is 6.75. The maximum Gasteiger partial charge on any atom is 0.228 e. The van der Waals surface area contributed by atoms with Crippen molar-refractivity contribution in [1.82, 2.24) is 9.78 Å². The minimum absolute atomic E-state index is 0.0477. The Balaban J connectivity index is 1.69. The molecule has 0 aliphatic rings. The van der Waals surface area contributed by atoms with E-state index in [1.807, 2.05) is 73.1 Å². The Morgan fingerprint density at radius 1 is 1.03 bits per heavy atom. The molecule has 3 aromatic rings. The number of hydrogen-bond acceptors (Lipinski definition) is 2. The zero-order valence-electron chi connectivity index (χ0n) is 17.5. The molecule has 0 bridgehead atoms. The van der Waals surface area contributed by atoms with Crippen molar-refractivity contribution < 1.29 is 4.79 Å². The molecule has 0 saturated carbocycles. The van der Waals surface area contributed by atoms with Gasteiger partial charge in [-0.15, -0.1) is 0 Å². The highest BCUT2D eigenvalue weighted by molar-refractivity contribution is 5.92. The number of carbonyl (C=O) groups excluding carboxylic acids is 1. The van der Waals surface area contributed by atoms with E-state index in [4.69, 9.17) is 0 Å². The first-order valence-corrected chi connectivity index (χ1v) is 9.92. The third-order valence-corrected chi connectivity index (χ3v) is 4.68. The van der Waals surface area contributed by atoms with Gasteiger partial charge in [0.05, 0.1) is 12.1 Å². The van der Waals surface area contributed by atoms with Gasteiger partial charge in [-0.3, -0.25) is 9.48 Å². The molecule has 0 fully saturated rings. The number of amides is 1. The van der Waals surface area contributed by atoms with Gasteiger partial charge in [-0.2, -0.15) is 5.10 Å². The van der Waals surface area contributed by atoms with Crippen LogP contribution in [-0.2, 0) is 17.8 Å². The Labute approximate surface area is 173 Å². The Morgan fingerprint density at radius 3 is 2.45 bits per heavy atom. The lowest BCUT2D eigenvalue weighted by molar-refractivity contribution is -0.115. The fraction of sp³-hybridized carbons (Fsp3) is 0.280. The van der Waals surface area contributed by atoms with Crippen LogP contribution >= 0.6 is 0 Å². The number of nitrogens with one attached hydrogen (secondary N) is 1. The van der Waals surface area contributed by atoms with Gasteiger partial charge in [0.25, 0.3) is 0 Å². The lowest BCUT2D eigenvalue weighted by atomic mass is 10.1. The van der Waals surface area contributed by atoms with E-state index < -0.39 is 0 Å². The van der Waals surface area contributed by atoms with E-state index >= 15 is 0 Å². The van der Waals surface area contributed by atoms with E-state index in [0.717, 1.165) is 40.3 Å². The molecule has 4 nitrogen and oxygen atoms in total. The first-order valence-electron chi connectivity index (χ1n) is 9.92. The van der Waals surface area contributed by atoms with Crippen LogP contribution in [0.25, 0.3) is 0 Å². The van der Waals surface area contributed by atoms with Crippen LogP contribution in [0.4, 0.5) is 5.69 Å². The predicted molar refractivity (Wildman–Crippen MR) is 118 cm³/mol. The normalized spacial score (nSPS) is 10.5. The van der Waals surface area contributed by atoms with Crippen molar-refractivity contribution >= 4 is 11.6 Å². The molecule has 0 atom stereocenters. The van der Waals surface area contributed by atoms with Crippen LogP contribution in [0, 0.1) is 31.6 Å². The van der Waals surface area contributed by atoms with Crippen molar-refractivity contribution in [2.45, 2.75) is 40.7 Å². The summed E-state index contributed by atoms with van der Waals surface area (Å²) in [5.41, 5.74) is 5.56. The highest BCUT2D eigenvalue weighted by Crippen LogP contribution is 2.17. The summed E-state index contributed by atoms with van der Waals surface area (Å²) in [7, 11) is 0. The standard InChI is InChI=1S/C25H27N3O/c1-18(2)17-28-20(4)24(19(3)27-28)16-25(29)26-23-12-8-11-22(15-23)14-13-21-9-6-5-7-10-21/h5-12,15,18H,16-17H2,1-4H3,(H,26,29). The van der Waals surface area contributed by atoms with E-state index in [0.29, 0.717) is 12.3 Å². The van der Waals surface area contributed by atoms with Gasteiger partial charge in [0, 0.05) is 34.6 Å². The number of anilines is 1. The number of carbonyl (C=O) groups is 1. The molecule has 29 heavy (non-hydrogen) atoms. The third kappa shape index (κ3) is 5.58. The molecule has 0 spiro atoms. The molecule has 1 N–H and O–H groups in total. The Hall–Kier alpha value is -3.32. The topological polar surface area (TPSA) is 46.9 Å². The molecule has 0 aliphatic carbocycles. The average molecular weight is 386 g/mol. The van der Waals surface area contributed by atoms with Gasteiger partial charge in [-0.25, -0.2) is 0 Å². The number of benzene rings is 2. The van der Waals surface area contributed by atoms with E-state index in [2.05, 4.69) is 36.1 Å². The predicted octanol–water partition coefficient (Wildman–Crippen LogP) is 4.74. The summed E-state index contributed by atoms with van der Waals surface area (Å²) in [4.78, 5) is 12.6. The van der Waals surface area contributed by atoms with E-state index in [-0.39, 0.29) is 5.91 Å². The van der Waals surface area contributed by atoms with Crippen LogP contribution in [0.3, 0.4) is 0 Å². The number of aryl methyl sites for hydroxylation is 1. The Bertz CT molecular complexity index is 1050. The molecule has 0 unspecified atom stereocenters. The molecule has 148 valence electrons. The summed E-state index contributed by atoms with van der Waals surface area (Å²) >= 11 is 0. The first-order chi connectivity index (χ1) is 13.9. The van der Waals surface area contributed by atoms with E-state index in [9.17, 15) is 4.79 Å². The largest absolute Gasteiger partial charge is 0.326 e. The van der Waals surface area contributed by atoms with Crippen LogP contribution < -0.4 is 5.32 Å². The molecule has 1 amide bonds. The van der Waals surface area contributed by atoms with Crippen LogP contribution in [0.5, 0.6) is 0 Å². The van der Waals surface area contributed by atoms with Gasteiger partial charge in [0.2, 0.25) is 5.91 Å². The van der Waals surface area contributed by atoms with Gasteiger partial charge >= 0.3 is 0 Å². The highest BCUT2D eigenvalue weighted by Gasteiger charge is 2.15. The molecule has 1 heterocycles. The van der Waals surface area contributed by atoms with Gasteiger partial charge in [-0.05, 0) is 50.1 Å². The number of aromatic nitrogens is 2. The Kier molecular flexibility index (Phi) is 6.51. The second-order valence-electron chi connectivity index (χ2n) is 7.65. The molecule has 0 radical (unpaired) electrons. The summed E-state index contributed by atoms with van der Waals surface area (Å²) in [6.07, 6.45) is 0.315. The van der Waals surface area contributed by atoms with Crippen molar-refractivity contribution in [2.24, 2.45) is 5.92 Å². The molecule has 4 heteroatoms. The maximum atomic E-state index is 12.6. The van der Waals surface area contributed by atoms with Crippen molar-refractivity contribution in [3.05, 3.63) is 82.7 Å². The molecular formula is C25H27N3O. The molecule has 2 aromatic carbocycles. The second-order valence-corrected chi connectivity index (χ2v) is 7.65. The third-order valence-electron chi connectivity index (χ3n) is 4.68. The molecular weight excluding hydrogens is 358 g/mol. The minimum atomic E-state index is -0.0477. The first kappa shape index (κ1) is 20.4. The van der Waals surface area contributed by atoms with Crippen molar-refractivity contribution in [3.63, 3.8) is 0 Å². The maximum absolute atomic E-state index is 12.6. The fourth-order valence-corrected chi connectivity index (χ4v) is 3.22. The Morgan fingerprint density at radius 2 is 1.72 bits per heavy atom. The monoisotopic (exact) mass is 385 g/mol. The highest BCUT2D eigenvalue weighted by atomic mass is 16.1. The van der Waals surface area contributed by atoms with Crippen LogP contribution in [-0.4, -0.2) is 15.7 Å². The molecule has 0 aliphatic heterocycles. The van der Waals surface area contributed by atoms with Crippen molar-refractivity contribution in [3.8, 4) is 11.8 Å². The quantitative estimate of drug-likeness (QED) is 0.645. The van der Waals surface area contributed by atoms with Gasteiger partial charge in [-0.1, -0.05) is 50.0 Å².